The van der Waals surface area contributed by atoms with Crippen LogP contribution in [0.15, 0.2) is 30.3 Å². The molecule has 0 aromatic heterocycles. The second-order valence-corrected chi connectivity index (χ2v) is 7.26. The Balaban J connectivity index is 1.91. The zero-order valence-corrected chi connectivity index (χ0v) is 15.2. The molecule has 7 N–H and O–H groups in total. The molecule has 4 rings (SSSR count). The second-order valence-electron chi connectivity index (χ2n) is 7.26. The van der Waals surface area contributed by atoms with Gasteiger partial charge in [0.1, 0.15) is 24.4 Å². The highest BCUT2D eigenvalue weighted by molar-refractivity contribution is 5.63. The molecule has 0 radical (unpaired) electrons. The highest BCUT2D eigenvalue weighted by Gasteiger charge is 2.49. The summed E-state index contributed by atoms with van der Waals surface area (Å²) in [6.07, 6.45) is -6.93. The number of para-hydroxylation sites is 1. The highest BCUT2D eigenvalue weighted by atomic mass is 16.5. The molecule has 6 unspecified atom stereocenters. The Morgan fingerprint density at radius 3 is 2.24 bits per heavy atom. The number of rotatable bonds is 3. The fraction of sp³-hybridized carbons (Fsp3) is 0.400. The Morgan fingerprint density at radius 1 is 0.828 bits per heavy atom. The van der Waals surface area contributed by atoms with E-state index in [0.29, 0.717) is 16.7 Å². The third kappa shape index (κ3) is 3.12. The van der Waals surface area contributed by atoms with Crippen LogP contribution in [0.5, 0.6) is 23.0 Å². The van der Waals surface area contributed by atoms with E-state index in [1.54, 1.807) is 18.2 Å². The van der Waals surface area contributed by atoms with Crippen molar-refractivity contribution in [2.45, 2.75) is 43.0 Å². The Labute approximate surface area is 165 Å². The number of benzene rings is 2. The fourth-order valence-corrected chi connectivity index (χ4v) is 4.06. The summed E-state index contributed by atoms with van der Waals surface area (Å²) in [5, 5.41) is 70.7. The van der Waals surface area contributed by atoms with Crippen LogP contribution in [0.3, 0.4) is 0 Å². The molecule has 9 nitrogen and oxygen atoms in total. The van der Waals surface area contributed by atoms with Gasteiger partial charge in [-0.3, -0.25) is 0 Å². The van der Waals surface area contributed by atoms with Crippen molar-refractivity contribution in [3.8, 4) is 23.0 Å². The van der Waals surface area contributed by atoms with E-state index in [2.05, 4.69) is 0 Å². The Morgan fingerprint density at radius 2 is 1.55 bits per heavy atom. The normalized spacial score (nSPS) is 30.9. The van der Waals surface area contributed by atoms with Crippen LogP contribution in [-0.4, -0.2) is 72.9 Å². The molecule has 0 spiro atoms. The molecule has 2 aromatic carbocycles. The number of aliphatic hydroxyl groups excluding tert-OH is 5. The van der Waals surface area contributed by atoms with Gasteiger partial charge in [0.05, 0.1) is 19.3 Å². The van der Waals surface area contributed by atoms with Gasteiger partial charge < -0.3 is 45.2 Å². The number of hydrogen-bond donors (Lipinski definition) is 7. The summed E-state index contributed by atoms with van der Waals surface area (Å²) in [6, 6.07) is 7.47. The van der Waals surface area contributed by atoms with Gasteiger partial charge in [0, 0.05) is 17.0 Å². The number of aliphatic hydroxyl groups is 5. The van der Waals surface area contributed by atoms with Crippen LogP contribution in [-0.2, 0) is 11.3 Å². The van der Waals surface area contributed by atoms with E-state index in [1.807, 2.05) is 0 Å². The lowest BCUT2D eigenvalue weighted by atomic mass is 9.78. The van der Waals surface area contributed by atoms with Crippen LogP contribution in [0.1, 0.15) is 22.6 Å². The van der Waals surface area contributed by atoms with Crippen molar-refractivity contribution in [3.63, 3.8) is 0 Å². The van der Waals surface area contributed by atoms with Crippen molar-refractivity contribution >= 4 is 0 Å². The first-order valence-corrected chi connectivity index (χ1v) is 9.14. The molecule has 156 valence electrons. The molecule has 29 heavy (non-hydrogen) atoms. The van der Waals surface area contributed by atoms with Crippen molar-refractivity contribution in [2.75, 3.05) is 6.61 Å². The van der Waals surface area contributed by atoms with E-state index < -0.39 is 43.0 Å². The van der Waals surface area contributed by atoms with Crippen molar-refractivity contribution in [3.05, 3.63) is 47.0 Å². The maximum atomic E-state index is 10.7. The van der Waals surface area contributed by atoms with Gasteiger partial charge in [-0.25, -0.2) is 0 Å². The van der Waals surface area contributed by atoms with E-state index in [-0.39, 0.29) is 29.6 Å². The van der Waals surface area contributed by atoms with Gasteiger partial charge in [0.25, 0.3) is 0 Å². The SMILES string of the molecule is OCc1cc(O)c2c(c1)C(C1OC(CO)C(O)C(O)C1O)c1cccc(O)c1O2. The predicted octanol–water partition coefficient (Wildman–Crippen LogP) is -0.330. The van der Waals surface area contributed by atoms with Crippen LogP contribution < -0.4 is 4.74 Å². The smallest absolute Gasteiger partial charge is 0.173 e. The van der Waals surface area contributed by atoms with Gasteiger partial charge in [-0.1, -0.05) is 12.1 Å². The lowest BCUT2D eigenvalue weighted by molar-refractivity contribution is -0.232. The van der Waals surface area contributed by atoms with Gasteiger partial charge in [-0.05, 0) is 23.8 Å². The van der Waals surface area contributed by atoms with Crippen molar-refractivity contribution in [2.24, 2.45) is 0 Å². The van der Waals surface area contributed by atoms with Gasteiger partial charge in [0.15, 0.2) is 23.0 Å². The van der Waals surface area contributed by atoms with E-state index in [9.17, 15) is 35.7 Å². The molecular weight excluding hydrogens is 384 g/mol. The van der Waals surface area contributed by atoms with E-state index in [0.717, 1.165) is 0 Å². The lowest BCUT2D eigenvalue weighted by Crippen LogP contribution is -2.60. The van der Waals surface area contributed by atoms with E-state index >= 15 is 0 Å². The largest absolute Gasteiger partial charge is 0.504 e. The number of phenolic OH excluding ortho intramolecular Hbond substituents is 2. The summed E-state index contributed by atoms with van der Waals surface area (Å²) in [6.45, 7) is -0.957. The summed E-state index contributed by atoms with van der Waals surface area (Å²) < 4.78 is 11.5. The molecular formula is C20H22O9. The summed E-state index contributed by atoms with van der Waals surface area (Å²) in [4.78, 5) is 0. The zero-order chi connectivity index (χ0) is 20.9. The third-order valence-corrected chi connectivity index (χ3v) is 5.50. The Bertz CT molecular complexity index is 913. The summed E-state index contributed by atoms with van der Waals surface area (Å²) in [5.74, 6) is -1.26. The van der Waals surface area contributed by atoms with Crippen LogP contribution in [0.2, 0.25) is 0 Å². The Kier molecular flexibility index (Phi) is 5.11. The first-order chi connectivity index (χ1) is 13.9. The number of fused-ring (bicyclic) bond motifs is 2. The van der Waals surface area contributed by atoms with E-state index in [4.69, 9.17) is 9.47 Å². The molecule has 2 heterocycles. The van der Waals surface area contributed by atoms with Gasteiger partial charge >= 0.3 is 0 Å². The third-order valence-electron chi connectivity index (χ3n) is 5.50. The number of aromatic hydroxyl groups is 2. The zero-order valence-electron chi connectivity index (χ0n) is 15.2. The minimum Gasteiger partial charge on any atom is -0.504 e. The Hall–Kier alpha value is -2.40. The van der Waals surface area contributed by atoms with Gasteiger partial charge in [0.2, 0.25) is 0 Å². The maximum absolute atomic E-state index is 10.7. The molecule has 1 fully saturated rings. The average Bonchev–Trinajstić information content (AvgIpc) is 2.72. The molecule has 6 atom stereocenters. The summed E-state index contributed by atoms with van der Waals surface area (Å²) >= 11 is 0. The molecule has 0 amide bonds. The molecule has 9 heteroatoms. The van der Waals surface area contributed by atoms with Crippen molar-refractivity contribution < 1.29 is 45.2 Å². The highest BCUT2D eigenvalue weighted by Crippen LogP contribution is 2.54. The minimum atomic E-state index is -1.59. The second kappa shape index (κ2) is 7.45. The van der Waals surface area contributed by atoms with E-state index in [1.165, 1.54) is 12.1 Å². The molecule has 2 aliphatic heterocycles. The first-order valence-electron chi connectivity index (χ1n) is 9.14. The first kappa shape index (κ1) is 19.9. The number of ether oxygens (including phenoxy) is 2. The quantitative estimate of drug-likeness (QED) is 0.362. The minimum absolute atomic E-state index is 0.0122. The maximum Gasteiger partial charge on any atom is 0.173 e. The van der Waals surface area contributed by atoms with Crippen molar-refractivity contribution in [1.82, 2.24) is 0 Å². The topological polar surface area (TPSA) is 160 Å². The number of phenols is 2. The van der Waals surface area contributed by atoms with Gasteiger partial charge in [-0.15, -0.1) is 0 Å². The van der Waals surface area contributed by atoms with Crippen LogP contribution in [0.4, 0.5) is 0 Å². The summed E-state index contributed by atoms with van der Waals surface area (Å²) in [7, 11) is 0. The predicted molar refractivity (Wildman–Crippen MR) is 97.8 cm³/mol. The lowest BCUT2D eigenvalue weighted by Gasteiger charge is -2.44. The molecule has 0 aliphatic carbocycles. The number of hydrogen-bond acceptors (Lipinski definition) is 9. The van der Waals surface area contributed by atoms with Crippen LogP contribution >= 0.6 is 0 Å². The molecule has 0 bridgehead atoms. The van der Waals surface area contributed by atoms with Crippen molar-refractivity contribution in [1.29, 1.82) is 0 Å². The molecule has 1 saturated heterocycles. The molecule has 2 aliphatic rings. The summed E-state index contributed by atoms with van der Waals surface area (Å²) in [5.41, 5.74) is 1.15. The van der Waals surface area contributed by atoms with Gasteiger partial charge in [-0.2, -0.15) is 0 Å². The monoisotopic (exact) mass is 406 g/mol. The molecule has 2 aromatic rings. The van der Waals surface area contributed by atoms with Crippen LogP contribution in [0, 0.1) is 0 Å². The fourth-order valence-electron chi connectivity index (χ4n) is 4.06. The molecule has 0 saturated carbocycles. The van der Waals surface area contributed by atoms with Crippen LogP contribution in [0.25, 0.3) is 0 Å². The average molecular weight is 406 g/mol. The standard InChI is InChI=1S/C20H22O9/c21-6-8-4-10-14(20-17(27)16(26)15(25)13(7-22)28-20)9-2-1-3-11(23)18(9)29-19(10)12(24)5-8/h1-5,13-17,20-27H,6-7H2.